The maximum absolute atomic E-state index is 11.9. The van der Waals surface area contributed by atoms with Crippen LogP contribution in [0, 0.1) is 6.92 Å². The summed E-state index contributed by atoms with van der Waals surface area (Å²) in [4.78, 5) is 22.8. The monoisotopic (exact) mass is 296 g/mol. The molecular formula is C17H16N2O3. The van der Waals surface area contributed by atoms with Crippen molar-refractivity contribution in [1.82, 2.24) is 5.43 Å². The Morgan fingerprint density at radius 1 is 1.09 bits per heavy atom. The van der Waals surface area contributed by atoms with E-state index in [-0.39, 0.29) is 11.9 Å². The predicted molar refractivity (Wildman–Crippen MR) is 84.0 cm³/mol. The summed E-state index contributed by atoms with van der Waals surface area (Å²) in [5, 5.41) is 3.92. The third kappa shape index (κ3) is 4.28. The van der Waals surface area contributed by atoms with Gasteiger partial charge in [0.05, 0.1) is 6.21 Å². The number of nitrogens with zero attached hydrogens (tertiary/aromatic N) is 1. The van der Waals surface area contributed by atoms with Crippen molar-refractivity contribution in [3.8, 4) is 5.75 Å². The van der Waals surface area contributed by atoms with Crippen LogP contribution in [0.25, 0.3) is 0 Å². The Bertz CT molecular complexity index is 706. The molecule has 1 N–H and O–H groups in total. The number of carbonyl (C=O) groups excluding carboxylic acids is 2. The van der Waals surface area contributed by atoms with Crippen molar-refractivity contribution in [1.29, 1.82) is 0 Å². The second-order valence-corrected chi connectivity index (χ2v) is 4.68. The van der Waals surface area contributed by atoms with Gasteiger partial charge in [0.25, 0.3) is 5.91 Å². The molecule has 0 spiro atoms. The molecule has 2 rings (SSSR count). The first-order valence-corrected chi connectivity index (χ1v) is 6.74. The first kappa shape index (κ1) is 15.4. The van der Waals surface area contributed by atoms with E-state index >= 15 is 0 Å². The van der Waals surface area contributed by atoms with Gasteiger partial charge in [-0.05, 0) is 48.4 Å². The van der Waals surface area contributed by atoms with Gasteiger partial charge in [0.2, 0.25) is 0 Å². The lowest BCUT2D eigenvalue weighted by atomic mass is 10.1. The molecule has 2 aromatic carbocycles. The standard InChI is InChI=1S/C17H16N2O3/c1-12-5-3-4-6-16(12)17(21)19-18-11-14-7-9-15(10-8-14)22-13(2)20/h3-11H,1-2H3,(H,19,21)/b18-11-. The molecule has 0 atom stereocenters. The van der Waals surface area contributed by atoms with Crippen LogP contribution in [0.5, 0.6) is 5.75 Å². The fourth-order valence-electron chi connectivity index (χ4n) is 1.84. The van der Waals surface area contributed by atoms with Crippen LogP contribution in [0.2, 0.25) is 0 Å². The van der Waals surface area contributed by atoms with Gasteiger partial charge in [-0.15, -0.1) is 0 Å². The summed E-state index contributed by atoms with van der Waals surface area (Å²) in [5.41, 5.74) is 4.74. The molecule has 0 heterocycles. The summed E-state index contributed by atoms with van der Waals surface area (Å²) in [6.07, 6.45) is 1.52. The first-order chi connectivity index (χ1) is 10.6. The Morgan fingerprint density at radius 2 is 1.77 bits per heavy atom. The molecule has 0 unspecified atom stereocenters. The van der Waals surface area contributed by atoms with Gasteiger partial charge in [0, 0.05) is 12.5 Å². The summed E-state index contributed by atoms with van der Waals surface area (Å²) in [7, 11) is 0. The molecule has 1 amide bonds. The van der Waals surface area contributed by atoms with Crippen LogP contribution >= 0.6 is 0 Å². The molecule has 2 aromatic rings. The van der Waals surface area contributed by atoms with Crippen LogP contribution in [0.15, 0.2) is 53.6 Å². The largest absolute Gasteiger partial charge is 0.427 e. The van der Waals surface area contributed by atoms with E-state index in [4.69, 9.17) is 4.74 Å². The average Bonchev–Trinajstić information content (AvgIpc) is 2.49. The highest BCUT2D eigenvalue weighted by Crippen LogP contribution is 2.11. The van der Waals surface area contributed by atoms with E-state index in [0.29, 0.717) is 11.3 Å². The van der Waals surface area contributed by atoms with Crippen molar-refractivity contribution in [3.63, 3.8) is 0 Å². The molecular weight excluding hydrogens is 280 g/mol. The van der Waals surface area contributed by atoms with E-state index in [9.17, 15) is 9.59 Å². The van der Waals surface area contributed by atoms with Gasteiger partial charge in [0.15, 0.2) is 0 Å². The zero-order valence-electron chi connectivity index (χ0n) is 12.4. The quantitative estimate of drug-likeness (QED) is 0.408. The minimum atomic E-state index is -0.369. The van der Waals surface area contributed by atoms with Gasteiger partial charge in [0.1, 0.15) is 5.75 Å². The number of nitrogens with one attached hydrogen (secondary N) is 1. The molecule has 0 fully saturated rings. The van der Waals surface area contributed by atoms with E-state index in [1.54, 1.807) is 36.4 Å². The van der Waals surface area contributed by atoms with Crippen LogP contribution in [0.4, 0.5) is 0 Å². The second-order valence-electron chi connectivity index (χ2n) is 4.68. The maximum Gasteiger partial charge on any atom is 0.308 e. The van der Waals surface area contributed by atoms with Crippen molar-refractivity contribution >= 4 is 18.1 Å². The smallest absolute Gasteiger partial charge is 0.308 e. The topological polar surface area (TPSA) is 67.8 Å². The summed E-state index contributed by atoms with van der Waals surface area (Å²) in [6, 6.07) is 14.1. The number of carbonyl (C=O) groups is 2. The number of aryl methyl sites for hydroxylation is 1. The Kier molecular flexibility index (Phi) is 5.03. The normalized spacial score (nSPS) is 10.5. The summed E-state index contributed by atoms with van der Waals surface area (Å²) >= 11 is 0. The van der Waals surface area contributed by atoms with E-state index in [1.807, 2.05) is 19.1 Å². The highest BCUT2D eigenvalue weighted by molar-refractivity contribution is 5.96. The molecule has 0 aliphatic rings. The maximum atomic E-state index is 11.9. The van der Waals surface area contributed by atoms with Crippen LogP contribution < -0.4 is 10.2 Å². The molecule has 0 aliphatic carbocycles. The zero-order chi connectivity index (χ0) is 15.9. The first-order valence-electron chi connectivity index (χ1n) is 6.74. The third-order valence-corrected chi connectivity index (χ3v) is 2.91. The molecule has 22 heavy (non-hydrogen) atoms. The lowest BCUT2D eigenvalue weighted by molar-refractivity contribution is -0.131. The van der Waals surface area contributed by atoms with Gasteiger partial charge < -0.3 is 4.74 Å². The number of hydrogen-bond donors (Lipinski definition) is 1. The second kappa shape index (κ2) is 7.17. The van der Waals surface area contributed by atoms with Gasteiger partial charge in [-0.3, -0.25) is 9.59 Å². The number of amides is 1. The molecule has 5 nitrogen and oxygen atoms in total. The van der Waals surface area contributed by atoms with Crippen LogP contribution in [0.3, 0.4) is 0 Å². The Balaban J connectivity index is 1.96. The highest BCUT2D eigenvalue weighted by atomic mass is 16.5. The minimum Gasteiger partial charge on any atom is -0.427 e. The van der Waals surface area contributed by atoms with Crippen molar-refractivity contribution in [2.75, 3.05) is 0 Å². The van der Waals surface area contributed by atoms with Gasteiger partial charge in [-0.1, -0.05) is 18.2 Å². The van der Waals surface area contributed by atoms with Crippen molar-refractivity contribution in [2.45, 2.75) is 13.8 Å². The Hall–Kier alpha value is -2.95. The van der Waals surface area contributed by atoms with Crippen molar-refractivity contribution in [3.05, 3.63) is 65.2 Å². The molecule has 0 aliphatic heterocycles. The van der Waals surface area contributed by atoms with Crippen molar-refractivity contribution < 1.29 is 14.3 Å². The van der Waals surface area contributed by atoms with Gasteiger partial charge >= 0.3 is 5.97 Å². The van der Waals surface area contributed by atoms with E-state index in [1.165, 1.54) is 13.1 Å². The minimum absolute atomic E-state index is 0.258. The van der Waals surface area contributed by atoms with E-state index < -0.39 is 0 Å². The average molecular weight is 296 g/mol. The summed E-state index contributed by atoms with van der Waals surface area (Å²) in [5.74, 6) is -0.161. The molecule has 0 saturated carbocycles. The lowest BCUT2D eigenvalue weighted by Crippen LogP contribution is -2.18. The van der Waals surface area contributed by atoms with Crippen LogP contribution in [-0.4, -0.2) is 18.1 Å². The third-order valence-electron chi connectivity index (χ3n) is 2.91. The predicted octanol–water partition coefficient (Wildman–Crippen LogP) is 2.68. The van der Waals surface area contributed by atoms with Gasteiger partial charge in [-0.2, -0.15) is 5.10 Å². The van der Waals surface area contributed by atoms with E-state index in [2.05, 4.69) is 10.5 Å². The summed E-state index contributed by atoms with van der Waals surface area (Å²) in [6.45, 7) is 3.21. The molecule has 0 aromatic heterocycles. The molecule has 0 saturated heterocycles. The van der Waals surface area contributed by atoms with Crippen molar-refractivity contribution in [2.24, 2.45) is 5.10 Å². The lowest BCUT2D eigenvalue weighted by Gasteiger charge is -2.03. The number of hydrogen-bond acceptors (Lipinski definition) is 4. The van der Waals surface area contributed by atoms with E-state index in [0.717, 1.165) is 11.1 Å². The van der Waals surface area contributed by atoms with Gasteiger partial charge in [-0.25, -0.2) is 5.43 Å². The Morgan fingerprint density at radius 3 is 2.41 bits per heavy atom. The number of hydrazone groups is 1. The molecule has 5 heteroatoms. The number of ether oxygens (including phenoxy) is 1. The SMILES string of the molecule is CC(=O)Oc1ccc(/C=N\NC(=O)c2ccccc2C)cc1. The molecule has 0 bridgehead atoms. The summed E-state index contributed by atoms with van der Waals surface area (Å²) < 4.78 is 4.93. The number of benzene rings is 2. The fraction of sp³-hybridized carbons (Fsp3) is 0.118. The molecule has 112 valence electrons. The molecule has 0 radical (unpaired) electrons. The number of rotatable bonds is 4. The fourth-order valence-corrected chi connectivity index (χ4v) is 1.84. The zero-order valence-corrected chi connectivity index (χ0v) is 12.4. The van der Waals surface area contributed by atoms with Crippen LogP contribution in [0.1, 0.15) is 28.4 Å². The van der Waals surface area contributed by atoms with Crippen LogP contribution in [-0.2, 0) is 4.79 Å². The Labute approximate surface area is 128 Å². The number of esters is 1. The highest BCUT2D eigenvalue weighted by Gasteiger charge is 2.06.